The highest BCUT2D eigenvalue weighted by Crippen LogP contribution is 2.46. The topological polar surface area (TPSA) is 120 Å². The Hall–Kier alpha value is -3.86. The number of amides is 1. The minimum absolute atomic E-state index is 0.196. The lowest BCUT2D eigenvalue weighted by atomic mass is 9.70. The zero-order chi connectivity index (χ0) is 24.5. The van der Waals surface area contributed by atoms with Crippen LogP contribution in [0.5, 0.6) is 0 Å². The molecule has 0 bridgehead atoms. The van der Waals surface area contributed by atoms with Gasteiger partial charge in [-0.15, -0.1) is 0 Å². The molecule has 0 unspecified atom stereocenters. The highest BCUT2D eigenvalue weighted by molar-refractivity contribution is 5.99. The van der Waals surface area contributed by atoms with Crippen molar-refractivity contribution in [1.82, 2.24) is 14.9 Å². The fourth-order valence-electron chi connectivity index (χ4n) is 5.21. The van der Waals surface area contributed by atoms with E-state index in [2.05, 4.69) is 42.0 Å². The summed E-state index contributed by atoms with van der Waals surface area (Å²) in [6, 6.07) is 14.9. The summed E-state index contributed by atoms with van der Waals surface area (Å²) in [5, 5.41) is 23.7. The number of hydrogen-bond acceptors (Lipinski definition) is 5. The van der Waals surface area contributed by atoms with Crippen molar-refractivity contribution in [1.29, 1.82) is 5.26 Å². The van der Waals surface area contributed by atoms with Crippen LogP contribution in [0, 0.1) is 22.7 Å². The van der Waals surface area contributed by atoms with Crippen LogP contribution in [0.3, 0.4) is 0 Å². The number of fused-ring (bicyclic) bond motifs is 1. The number of anilines is 2. The summed E-state index contributed by atoms with van der Waals surface area (Å²) < 4.78 is 2.23. The predicted molar refractivity (Wildman–Crippen MR) is 130 cm³/mol. The van der Waals surface area contributed by atoms with Gasteiger partial charge in [-0.05, 0) is 73.1 Å². The van der Waals surface area contributed by atoms with Gasteiger partial charge in [0.25, 0.3) is 5.91 Å². The number of rotatable bonds is 6. The summed E-state index contributed by atoms with van der Waals surface area (Å²) in [6.45, 7) is 6.44. The molecule has 1 aromatic heterocycles. The minimum atomic E-state index is -1.10. The Morgan fingerprint density at radius 3 is 2.59 bits per heavy atom. The Labute approximate surface area is 198 Å². The second-order valence-electron chi connectivity index (χ2n) is 9.97. The van der Waals surface area contributed by atoms with Crippen LogP contribution in [0.25, 0.3) is 11.0 Å². The van der Waals surface area contributed by atoms with E-state index in [-0.39, 0.29) is 11.5 Å². The highest BCUT2D eigenvalue weighted by atomic mass is 16.4. The van der Waals surface area contributed by atoms with E-state index >= 15 is 0 Å². The average Bonchev–Trinajstić information content (AvgIpc) is 3.13. The molecule has 3 N–H and O–H groups in total. The van der Waals surface area contributed by atoms with Gasteiger partial charge in [-0.2, -0.15) is 5.26 Å². The maximum Gasteiger partial charge on any atom is 0.322 e. The van der Waals surface area contributed by atoms with Gasteiger partial charge < -0.3 is 20.3 Å². The van der Waals surface area contributed by atoms with Crippen LogP contribution in [0.2, 0.25) is 0 Å². The van der Waals surface area contributed by atoms with Crippen molar-refractivity contribution >= 4 is 34.5 Å². The number of nitriles is 1. The number of carboxylic acids is 1. The van der Waals surface area contributed by atoms with Gasteiger partial charge in [0.05, 0.1) is 22.7 Å². The van der Waals surface area contributed by atoms with E-state index in [0.29, 0.717) is 28.5 Å². The van der Waals surface area contributed by atoms with E-state index in [1.165, 1.54) is 6.42 Å². The molecule has 34 heavy (non-hydrogen) atoms. The number of nitrogens with zero attached hydrogens (tertiary/aromatic N) is 3. The first-order chi connectivity index (χ1) is 16.1. The molecule has 2 atom stereocenters. The van der Waals surface area contributed by atoms with Crippen molar-refractivity contribution in [2.24, 2.45) is 11.3 Å². The number of hydrogen-bond donors (Lipinski definition) is 3. The van der Waals surface area contributed by atoms with Gasteiger partial charge in [0.1, 0.15) is 6.54 Å². The Bertz CT molecular complexity index is 1270. The van der Waals surface area contributed by atoms with E-state index in [1.54, 1.807) is 24.3 Å². The third kappa shape index (κ3) is 5.04. The number of carbonyl (C=O) groups is 2. The summed E-state index contributed by atoms with van der Waals surface area (Å²) in [7, 11) is 0. The Kier molecular flexibility index (Phi) is 6.29. The molecular weight excluding hydrogens is 430 g/mol. The van der Waals surface area contributed by atoms with Gasteiger partial charge in [-0.25, -0.2) is 4.98 Å². The molecule has 0 spiro atoms. The van der Waals surface area contributed by atoms with E-state index in [9.17, 15) is 9.59 Å². The molecule has 1 saturated carbocycles. The monoisotopic (exact) mass is 459 g/mol. The lowest BCUT2D eigenvalue weighted by molar-refractivity contribution is -0.135. The zero-order valence-electron chi connectivity index (χ0n) is 19.6. The molecule has 1 aliphatic carbocycles. The smallest absolute Gasteiger partial charge is 0.322 e. The number of aliphatic carboxylic acids is 1. The van der Waals surface area contributed by atoms with Gasteiger partial charge >= 0.3 is 5.97 Å². The first-order valence-corrected chi connectivity index (χ1v) is 11.4. The van der Waals surface area contributed by atoms with Gasteiger partial charge in [0.2, 0.25) is 5.95 Å². The van der Waals surface area contributed by atoms with Crippen molar-refractivity contribution in [3.05, 3.63) is 53.6 Å². The molecule has 0 saturated heterocycles. The molecule has 1 fully saturated rings. The molecule has 4 rings (SSSR count). The van der Waals surface area contributed by atoms with Gasteiger partial charge in [0, 0.05) is 17.3 Å². The standard InChI is InChI=1S/C26H29N5O3/c1-16-10-20(13-26(2,3)12-16)31-22-9-6-18(24(34)28-15-23(32)33)11-21(22)30-25(31)29-19-7-4-17(14-27)5-8-19/h4-9,11,16,20H,10,12-13,15H2,1-3H3,(H,28,34)(H,29,30)(H,32,33)/t16-,20+/m1/s1. The SMILES string of the molecule is C[C@@H]1C[C@H](n2c(Nc3ccc(C#N)cc3)nc3cc(C(=O)NCC(=O)O)ccc32)CC(C)(C)C1. The fraction of sp³-hybridized carbons (Fsp3) is 0.385. The number of imidazole rings is 1. The number of carbonyl (C=O) groups excluding carboxylic acids is 1. The maximum atomic E-state index is 12.4. The number of carboxylic acid groups (broad SMARTS) is 1. The van der Waals surface area contributed by atoms with Crippen molar-refractivity contribution in [3.63, 3.8) is 0 Å². The maximum absolute atomic E-state index is 12.4. The summed E-state index contributed by atoms with van der Waals surface area (Å²) in [6.07, 6.45) is 3.20. The third-order valence-electron chi connectivity index (χ3n) is 6.35. The Morgan fingerprint density at radius 2 is 1.94 bits per heavy atom. The molecule has 0 aliphatic heterocycles. The van der Waals surface area contributed by atoms with Gasteiger partial charge in [-0.1, -0.05) is 20.8 Å². The lowest BCUT2D eigenvalue weighted by Gasteiger charge is -2.40. The van der Waals surface area contributed by atoms with E-state index in [4.69, 9.17) is 15.4 Å². The largest absolute Gasteiger partial charge is 0.480 e. The molecule has 1 aliphatic rings. The fourth-order valence-corrected chi connectivity index (χ4v) is 5.21. The van der Waals surface area contributed by atoms with E-state index < -0.39 is 18.4 Å². The lowest BCUT2D eigenvalue weighted by Crippen LogP contribution is -2.30. The van der Waals surface area contributed by atoms with Gasteiger partial charge in [0.15, 0.2) is 0 Å². The van der Waals surface area contributed by atoms with Crippen LogP contribution in [0.15, 0.2) is 42.5 Å². The molecular formula is C26H29N5O3. The Morgan fingerprint density at radius 1 is 1.21 bits per heavy atom. The molecule has 1 heterocycles. The predicted octanol–water partition coefficient (Wildman–Crippen LogP) is 4.85. The van der Waals surface area contributed by atoms with Crippen molar-refractivity contribution in [3.8, 4) is 6.07 Å². The van der Waals surface area contributed by atoms with Crippen LogP contribution in [-0.4, -0.2) is 33.1 Å². The highest BCUT2D eigenvalue weighted by Gasteiger charge is 2.34. The number of nitrogens with one attached hydrogen (secondary N) is 2. The molecule has 8 heteroatoms. The Balaban J connectivity index is 1.75. The summed E-state index contributed by atoms with van der Waals surface area (Å²) in [4.78, 5) is 28.0. The number of aromatic nitrogens is 2. The number of benzene rings is 2. The van der Waals surface area contributed by atoms with Crippen LogP contribution < -0.4 is 10.6 Å². The van der Waals surface area contributed by atoms with Crippen LogP contribution in [0.4, 0.5) is 11.6 Å². The first kappa shape index (κ1) is 23.3. The van der Waals surface area contributed by atoms with Crippen LogP contribution in [0.1, 0.15) is 62.0 Å². The molecule has 176 valence electrons. The normalized spacial score (nSPS) is 19.4. The molecule has 8 nitrogen and oxygen atoms in total. The second-order valence-corrected chi connectivity index (χ2v) is 9.97. The molecule has 3 aromatic rings. The quantitative estimate of drug-likeness (QED) is 0.484. The molecule has 0 radical (unpaired) electrons. The van der Waals surface area contributed by atoms with E-state index in [0.717, 1.165) is 24.0 Å². The minimum Gasteiger partial charge on any atom is -0.480 e. The van der Waals surface area contributed by atoms with Crippen molar-refractivity contribution < 1.29 is 14.7 Å². The second kappa shape index (κ2) is 9.18. The summed E-state index contributed by atoms with van der Waals surface area (Å²) in [5.41, 5.74) is 3.54. The third-order valence-corrected chi connectivity index (χ3v) is 6.35. The first-order valence-electron chi connectivity index (χ1n) is 11.4. The van der Waals surface area contributed by atoms with Crippen LogP contribution in [-0.2, 0) is 4.79 Å². The molecule has 1 amide bonds. The van der Waals surface area contributed by atoms with E-state index in [1.807, 2.05) is 18.2 Å². The van der Waals surface area contributed by atoms with Gasteiger partial charge in [-0.3, -0.25) is 9.59 Å². The average molecular weight is 460 g/mol. The summed E-state index contributed by atoms with van der Waals surface area (Å²) in [5.74, 6) is -0.303. The van der Waals surface area contributed by atoms with Crippen molar-refractivity contribution in [2.75, 3.05) is 11.9 Å². The molecule has 2 aromatic carbocycles. The van der Waals surface area contributed by atoms with Crippen LogP contribution >= 0.6 is 0 Å². The zero-order valence-corrected chi connectivity index (χ0v) is 19.6. The van der Waals surface area contributed by atoms with Crippen molar-refractivity contribution in [2.45, 2.75) is 46.1 Å². The summed E-state index contributed by atoms with van der Waals surface area (Å²) >= 11 is 0.